The second-order valence-corrected chi connectivity index (χ2v) is 3.70. The summed E-state index contributed by atoms with van der Waals surface area (Å²) in [5.74, 6) is 0. The van der Waals surface area contributed by atoms with E-state index in [1.165, 1.54) is 0 Å². The van der Waals surface area contributed by atoms with Crippen LogP contribution >= 0.6 is 0 Å². The first-order valence-corrected chi connectivity index (χ1v) is 3.70. The summed E-state index contributed by atoms with van der Waals surface area (Å²) in [6.45, 7) is 6.43. The molecule has 0 unspecified atom stereocenters. The van der Waals surface area contributed by atoms with Crippen molar-refractivity contribution in [3.63, 3.8) is 0 Å². The van der Waals surface area contributed by atoms with Crippen LogP contribution in [-0.4, -0.2) is 0 Å². The zero-order valence-corrected chi connectivity index (χ0v) is 7.23. The molecule has 58 valence electrons. The molecule has 2 N–H and O–H groups in total. The second kappa shape index (κ2) is 2.47. The van der Waals surface area contributed by atoms with E-state index >= 15 is 0 Å². The summed E-state index contributed by atoms with van der Waals surface area (Å²) in [5.41, 5.74) is 13.3. The molecular weight excluding hydrogens is 134 g/mol. The van der Waals surface area contributed by atoms with Crippen LogP contribution in [0.5, 0.6) is 0 Å². The number of allylic oxidation sites excluding steroid dienone is 3. The fourth-order valence-electron chi connectivity index (χ4n) is 0.833. The van der Waals surface area contributed by atoms with Crippen LogP contribution in [0.25, 0.3) is 0 Å². The first-order chi connectivity index (χ1) is 5.00. The first kappa shape index (κ1) is 7.94. The molecule has 0 atom stereocenters. The van der Waals surface area contributed by atoms with Crippen LogP contribution < -0.4 is 5.73 Å². The van der Waals surface area contributed by atoms with E-state index in [9.17, 15) is 0 Å². The van der Waals surface area contributed by atoms with Crippen LogP contribution in [0, 0.1) is 5.41 Å². The predicted molar refractivity (Wildman–Crippen MR) is 46.8 cm³/mol. The van der Waals surface area contributed by atoms with Gasteiger partial charge in [-0.2, -0.15) is 0 Å². The Morgan fingerprint density at radius 3 is 2.18 bits per heavy atom. The second-order valence-electron chi connectivity index (χ2n) is 3.70. The van der Waals surface area contributed by atoms with Crippen molar-refractivity contribution in [2.45, 2.75) is 20.8 Å². The van der Waals surface area contributed by atoms with E-state index in [0.29, 0.717) is 5.70 Å². The lowest BCUT2D eigenvalue weighted by atomic mass is 9.86. The molecule has 0 fully saturated rings. The number of hydrogen-bond donors (Lipinski definition) is 1. The van der Waals surface area contributed by atoms with Crippen molar-refractivity contribution in [1.82, 2.24) is 0 Å². The average Bonchev–Trinajstić information content (AvgIpc) is 1.86. The third-order valence-corrected chi connectivity index (χ3v) is 1.58. The van der Waals surface area contributed by atoms with Crippen molar-refractivity contribution >= 4 is 0 Å². The SMILES string of the molecule is CC(C)(C)C1=C=C=C(N)C=C1. The van der Waals surface area contributed by atoms with Gasteiger partial charge in [0.15, 0.2) is 0 Å². The van der Waals surface area contributed by atoms with Gasteiger partial charge in [0.25, 0.3) is 0 Å². The van der Waals surface area contributed by atoms with Gasteiger partial charge in [0.05, 0.1) is 5.70 Å². The van der Waals surface area contributed by atoms with Gasteiger partial charge in [-0.15, -0.1) is 0 Å². The molecule has 1 nitrogen and oxygen atoms in total. The van der Waals surface area contributed by atoms with Gasteiger partial charge in [0.1, 0.15) is 0 Å². The molecule has 1 rings (SSSR count). The van der Waals surface area contributed by atoms with E-state index in [0.717, 1.165) is 5.57 Å². The highest BCUT2D eigenvalue weighted by atomic mass is 14.5. The summed E-state index contributed by atoms with van der Waals surface area (Å²) < 4.78 is 0. The van der Waals surface area contributed by atoms with E-state index in [1.54, 1.807) is 0 Å². The lowest BCUT2D eigenvalue weighted by Gasteiger charge is -2.18. The first-order valence-electron chi connectivity index (χ1n) is 3.70. The third-order valence-electron chi connectivity index (χ3n) is 1.58. The highest BCUT2D eigenvalue weighted by molar-refractivity contribution is 5.33. The van der Waals surface area contributed by atoms with E-state index in [2.05, 4.69) is 32.2 Å². The van der Waals surface area contributed by atoms with Crippen molar-refractivity contribution in [3.05, 3.63) is 34.9 Å². The Morgan fingerprint density at radius 2 is 1.82 bits per heavy atom. The minimum atomic E-state index is 0.143. The van der Waals surface area contributed by atoms with Gasteiger partial charge >= 0.3 is 0 Å². The summed E-state index contributed by atoms with van der Waals surface area (Å²) >= 11 is 0. The maximum atomic E-state index is 5.48. The van der Waals surface area contributed by atoms with Gasteiger partial charge in [-0.05, 0) is 23.3 Å². The monoisotopic (exact) mass is 147 g/mol. The molecule has 0 aliphatic heterocycles. The van der Waals surface area contributed by atoms with Crippen molar-refractivity contribution in [1.29, 1.82) is 0 Å². The lowest BCUT2D eigenvalue weighted by molar-refractivity contribution is 0.518. The molecule has 0 bridgehead atoms. The standard InChI is InChI=1S/C10H13N/c1-10(2,3)8-4-6-9(11)7-5-8/h4,6H,11H2,1-3H3. The largest absolute Gasteiger partial charge is 0.392 e. The maximum absolute atomic E-state index is 5.48. The molecule has 0 spiro atoms. The Balaban J connectivity index is 3.13. The van der Waals surface area contributed by atoms with Crippen molar-refractivity contribution in [2.75, 3.05) is 0 Å². The molecule has 0 heterocycles. The van der Waals surface area contributed by atoms with Crippen molar-refractivity contribution in [2.24, 2.45) is 11.1 Å². The lowest BCUT2D eigenvalue weighted by Crippen LogP contribution is -2.07. The molecule has 0 aromatic heterocycles. The topological polar surface area (TPSA) is 26.0 Å². The molecule has 1 aliphatic rings. The molecule has 0 aromatic carbocycles. The highest BCUT2D eigenvalue weighted by Gasteiger charge is 2.14. The van der Waals surface area contributed by atoms with Gasteiger partial charge in [0.2, 0.25) is 0 Å². The molecule has 1 heteroatoms. The van der Waals surface area contributed by atoms with Gasteiger partial charge < -0.3 is 5.73 Å². The van der Waals surface area contributed by atoms with Crippen molar-refractivity contribution < 1.29 is 0 Å². The number of nitrogens with two attached hydrogens (primary N) is 1. The van der Waals surface area contributed by atoms with Gasteiger partial charge in [-0.25, -0.2) is 0 Å². The van der Waals surface area contributed by atoms with Crippen LogP contribution in [0.2, 0.25) is 0 Å². The van der Waals surface area contributed by atoms with Crippen molar-refractivity contribution in [3.8, 4) is 0 Å². The summed E-state index contributed by atoms with van der Waals surface area (Å²) in [7, 11) is 0. The number of rotatable bonds is 0. The molecule has 1 aliphatic carbocycles. The maximum Gasteiger partial charge on any atom is 0.0831 e. The van der Waals surface area contributed by atoms with Crippen LogP contribution in [0.15, 0.2) is 34.9 Å². The fraction of sp³-hybridized carbons (Fsp3) is 0.400. The fourth-order valence-corrected chi connectivity index (χ4v) is 0.833. The van der Waals surface area contributed by atoms with E-state index in [1.807, 2.05) is 12.2 Å². The molecule has 0 amide bonds. The predicted octanol–water partition coefficient (Wildman–Crippen LogP) is 2.13. The van der Waals surface area contributed by atoms with Crippen LogP contribution in [0.3, 0.4) is 0 Å². The quantitative estimate of drug-likeness (QED) is 0.522. The summed E-state index contributed by atoms with van der Waals surface area (Å²) in [5, 5.41) is 0. The Labute approximate surface area is 67.6 Å². The minimum Gasteiger partial charge on any atom is -0.392 e. The highest BCUT2D eigenvalue weighted by Crippen LogP contribution is 2.26. The summed E-state index contributed by atoms with van der Waals surface area (Å²) in [4.78, 5) is 0. The molecule has 11 heavy (non-hydrogen) atoms. The van der Waals surface area contributed by atoms with Gasteiger partial charge in [-0.1, -0.05) is 26.5 Å². The zero-order chi connectivity index (χ0) is 8.48. The van der Waals surface area contributed by atoms with Crippen LogP contribution in [0.1, 0.15) is 20.8 Å². The Kier molecular flexibility index (Phi) is 1.78. The Hall–Kier alpha value is -1.16. The Bertz CT molecular complexity index is 287. The minimum absolute atomic E-state index is 0.143. The molecule has 0 radical (unpaired) electrons. The number of hydrogen-bond acceptors (Lipinski definition) is 1. The molecular formula is C10H13N. The molecule has 0 aromatic rings. The summed E-state index contributed by atoms with van der Waals surface area (Å²) in [6, 6.07) is 0. The molecule has 0 saturated heterocycles. The van der Waals surface area contributed by atoms with Crippen LogP contribution in [-0.2, 0) is 0 Å². The van der Waals surface area contributed by atoms with Gasteiger partial charge in [0, 0.05) is 5.57 Å². The zero-order valence-electron chi connectivity index (χ0n) is 7.23. The van der Waals surface area contributed by atoms with E-state index < -0.39 is 0 Å². The Morgan fingerprint density at radius 1 is 1.18 bits per heavy atom. The summed E-state index contributed by atoms with van der Waals surface area (Å²) in [6.07, 6.45) is 3.85. The molecule has 0 saturated carbocycles. The normalized spacial score (nSPS) is 16.3. The van der Waals surface area contributed by atoms with Crippen LogP contribution in [0.4, 0.5) is 0 Å². The average molecular weight is 147 g/mol. The van der Waals surface area contributed by atoms with E-state index in [4.69, 9.17) is 5.73 Å². The smallest absolute Gasteiger partial charge is 0.0831 e. The van der Waals surface area contributed by atoms with Gasteiger partial charge in [-0.3, -0.25) is 0 Å². The van der Waals surface area contributed by atoms with E-state index in [-0.39, 0.29) is 5.41 Å². The third kappa shape index (κ3) is 1.88.